The van der Waals surface area contributed by atoms with Crippen molar-refractivity contribution in [3.63, 3.8) is 0 Å². The summed E-state index contributed by atoms with van der Waals surface area (Å²) in [6.45, 7) is 0. The molecule has 0 atom stereocenters. The molecule has 8 N–H and O–H groups in total. The number of benzene rings is 2. The van der Waals surface area contributed by atoms with Crippen LogP contribution in [0.1, 0.15) is 5.56 Å². The van der Waals surface area contributed by atoms with Gasteiger partial charge in [-0.1, -0.05) is 0 Å². The van der Waals surface area contributed by atoms with Crippen LogP contribution in [0.15, 0.2) is 42.5 Å². The van der Waals surface area contributed by atoms with E-state index >= 15 is 0 Å². The van der Waals surface area contributed by atoms with Gasteiger partial charge in [0.1, 0.15) is 0 Å². The maximum absolute atomic E-state index is 12.0. The number of anilines is 4. The number of hydrogen-bond donors (Lipinski definition) is 4. The summed E-state index contributed by atoms with van der Waals surface area (Å²) in [6, 6.07) is 10.1. The summed E-state index contributed by atoms with van der Waals surface area (Å²) in [6.07, 6.45) is -4.39. The molecule has 0 aliphatic carbocycles. The van der Waals surface area contributed by atoms with Gasteiger partial charge in [0.15, 0.2) is 0 Å². The van der Waals surface area contributed by atoms with Crippen LogP contribution >= 0.6 is 0 Å². The van der Waals surface area contributed by atoms with Crippen molar-refractivity contribution in [1.29, 1.82) is 0 Å². The van der Waals surface area contributed by atoms with Gasteiger partial charge in [0.2, 0.25) is 0 Å². The van der Waals surface area contributed by atoms with E-state index in [1.54, 1.807) is 24.3 Å². The smallest absolute Gasteiger partial charge is 0.399 e. The first-order valence-electron chi connectivity index (χ1n) is 5.53. The lowest BCUT2D eigenvalue weighted by Crippen LogP contribution is -2.06. The van der Waals surface area contributed by atoms with Crippen molar-refractivity contribution < 1.29 is 13.2 Å². The highest BCUT2D eigenvalue weighted by Gasteiger charge is 2.30. The minimum Gasteiger partial charge on any atom is -0.399 e. The van der Waals surface area contributed by atoms with Gasteiger partial charge in [0.05, 0.1) is 5.56 Å². The fraction of sp³-hybridized carbons (Fsp3) is 0.0769. The number of hydrogen-bond acceptors (Lipinski definition) is 4. The maximum Gasteiger partial charge on any atom is 0.416 e. The Balaban J connectivity index is 0.000000217. The minimum atomic E-state index is -4.39. The average molecular weight is 284 g/mol. The van der Waals surface area contributed by atoms with Crippen LogP contribution in [0, 0.1) is 0 Å². The third-order valence-corrected chi connectivity index (χ3v) is 2.24. The Morgan fingerprint density at radius 3 is 1.25 bits per heavy atom. The summed E-state index contributed by atoms with van der Waals surface area (Å²) in [5, 5.41) is 0. The molecule has 0 amide bonds. The minimum absolute atomic E-state index is 0.0160. The van der Waals surface area contributed by atoms with Crippen molar-refractivity contribution in [2.45, 2.75) is 6.18 Å². The number of rotatable bonds is 0. The molecule has 108 valence electrons. The molecule has 0 radical (unpaired) electrons. The molecule has 0 aliphatic rings. The third kappa shape index (κ3) is 4.97. The van der Waals surface area contributed by atoms with Crippen LogP contribution < -0.4 is 22.9 Å². The second-order valence-corrected chi connectivity index (χ2v) is 4.05. The zero-order valence-corrected chi connectivity index (χ0v) is 10.5. The number of nitrogen functional groups attached to an aromatic ring is 4. The number of halogens is 3. The van der Waals surface area contributed by atoms with E-state index in [9.17, 15) is 13.2 Å². The van der Waals surface area contributed by atoms with Gasteiger partial charge in [0.25, 0.3) is 0 Å². The fourth-order valence-electron chi connectivity index (χ4n) is 1.34. The van der Waals surface area contributed by atoms with Gasteiger partial charge in [-0.2, -0.15) is 13.2 Å². The lowest BCUT2D eigenvalue weighted by atomic mass is 10.2. The van der Waals surface area contributed by atoms with E-state index in [1.165, 1.54) is 6.07 Å². The molecule has 0 bridgehead atoms. The molecule has 2 rings (SSSR count). The maximum atomic E-state index is 12.0. The largest absolute Gasteiger partial charge is 0.416 e. The van der Waals surface area contributed by atoms with Crippen molar-refractivity contribution in [1.82, 2.24) is 0 Å². The van der Waals surface area contributed by atoms with Crippen LogP contribution in [0.2, 0.25) is 0 Å². The van der Waals surface area contributed by atoms with E-state index in [4.69, 9.17) is 22.9 Å². The van der Waals surface area contributed by atoms with Crippen molar-refractivity contribution >= 4 is 22.7 Å². The molecule has 2 aromatic rings. The topological polar surface area (TPSA) is 104 Å². The van der Waals surface area contributed by atoms with Crippen LogP contribution in [0.3, 0.4) is 0 Å². The first kappa shape index (κ1) is 15.5. The summed E-state index contributed by atoms with van der Waals surface area (Å²) >= 11 is 0. The van der Waals surface area contributed by atoms with Crippen molar-refractivity contribution in [3.05, 3.63) is 48.0 Å². The number of alkyl halides is 3. The molecule has 0 heterocycles. The van der Waals surface area contributed by atoms with Gasteiger partial charge in [0, 0.05) is 22.7 Å². The molecule has 7 heteroatoms. The molecule has 0 unspecified atom stereocenters. The summed E-state index contributed by atoms with van der Waals surface area (Å²) in [5.41, 5.74) is 21.8. The first-order chi connectivity index (χ1) is 9.18. The average Bonchev–Trinajstić information content (AvgIpc) is 2.31. The molecule has 0 saturated carbocycles. The van der Waals surface area contributed by atoms with E-state index in [0.29, 0.717) is 0 Å². The van der Waals surface area contributed by atoms with Crippen molar-refractivity contribution in [2.24, 2.45) is 0 Å². The molecule has 20 heavy (non-hydrogen) atoms. The predicted molar refractivity (Wildman–Crippen MR) is 75.5 cm³/mol. The Hall–Kier alpha value is -2.57. The SMILES string of the molecule is Nc1cc(N)cc(C(F)(F)F)c1.Nc1ccc(N)cc1. The van der Waals surface area contributed by atoms with Crippen LogP contribution in [0.25, 0.3) is 0 Å². The monoisotopic (exact) mass is 284 g/mol. The van der Waals surface area contributed by atoms with E-state index in [-0.39, 0.29) is 11.4 Å². The molecule has 0 fully saturated rings. The second-order valence-electron chi connectivity index (χ2n) is 4.05. The lowest BCUT2D eigenvalue weighted by Gasteiger charge is -2.07. The van der Waals surface area contributed by atoms with E-state index in [0.717, 1.165) is 23.5 Å². The summed E-state index contributed by atoms with van der Waals surface area (Å²) in [4.78, 5) is 0. The van der Waals surface area contributed by atoms with Gasteiger partial charge in [-0.3, -0.25) is 0 Å². The molecule has 0 aromatic heterocycles. The summed E-state index contributed by atoms with van der Waals surface area (Å²) < 4.78 is 36.1. The molecule has 4 nitrogen and oxygen atoms in total. The molecular weight excluding hydrogens is 269 g/mol. The normalized spacial score (nSPS) is 10.6. The van der Waals surface area contributed by atoms with E-state index in [2.05, 4.69) is 0 Å². The zero-order chi connectivity index (χ0) is 15.3. The van der Waals surface area contributed by atoms with Crippen LogP contribution in [0.5, 0.6) is 0 Å². The second kappa shape index (κ2) is 6.05. The highest BCUT2D eigenvalue weighted by atomic mass is 19.4. The van der Waals surface area contributed by atoms with E-state index in [1.807, 2.05) is 0 Å². The summed E-state index contributed by atoms with van der Waals surface area (Å²) in [5.74, 6) is 0. The van der Waals surface area contributed by atoms with Crippen LogP contribution in [-0.4, -0.2) is 0 Å². The molecule has 0 saturated heterocycles. The molecular formula is C13H15F3N4. The third-order valence-electron chi connectivity index (χ3n) is 2.24. The van der Waals surface area contributed by atoms with Gasteiger partial charge in [-0.05, 0) is 42.5 Å². The van der Waals surface area contributed by atoms with Gasteiger partial charge < -0.3 is 22.9 Å². The Kier molecular flexibility index (Phi) is 4.68. The van der Waals surface area contributed by atoms with E-state index < -0.39 is 11.7 Å². The Labute approximate surface area is 114 Å². The number of nitrogens with two attached hydrogens (primary N) is 4. The van der Waals surface area contributed by atoms with Gasteiger partial charge in [-0.15, -0.1) is 0 Å². The summed E-state index contributed by atoms with van der Waals surface area (Å²) in [7, 11) is 0. The first-order valence-corrected chi connectivity index (χ1v) is 5.53. The zero-order valence-electron chi connectivity index (χ0n) is 10.5. The molecule has 0 aliphatic heterocycles. The van der Waals surface area contributed by atoms with Crippen LogP contribution in [0.4, 0.5) is 35.9 Å². The highest BCUT2D eigenvalue weighted by Crippen LogP contribution is 2.31. The molecule has 0 spiro atoms. The highest BCUT2D eigenvalue weighted by molar-refractivity contribution is 5.54. The lowest BCUT2D eigenvalue weighted by molar-refractivity contribution is -0.137. The van der Waals surface area contributed by atoms with Crippen molar-refractivity contribution in [2.75, 3.05) is 22.9 Å². The van der Waals surface area contributed by atoms with Gasteiger partial charge in [-0.25, -0.2) is 0 Å². The molecule has 2 aromatic carbocycles. The van der Waals surface area contributed by atoms with Crippen LogP contribution in [-0.2, 0) is 6.18 Å². The Morgan fingerprint density at radius 2 is 0.950 bits per heavy atom. The van der Waals surface area contributed by atoms with Gasteiger partial charge >= 0.3 is 6.18 Å². The standard InChI is InChI=1S/C7H7F3N2.C6H8N2/c8-7(9,10)4-1-5(11)3-6(12)2-4;7-5-1-2-6(8)4-3-5/h1-3H,11-12H2;1-4H,7-8H2. The predicted octanol–water partition coefficient (Wildman–Crippen LogP) is 2.72. The Morgan fingerprint density at radius 1 is 0.600 bits per heavy atom. The fourth-order valence-corrected chi connectivity index (χ4v) is 1.34. The van der Waals surface area contributed by atoms with Crippen molar-refractivity contribution in [3.8, 4) is 0 Å². The quantitative estimate of drug-likeness (QED) is 0.558. The Bertz CT molecular complexity index is 524.